The Bertz CT molecular complexity index is 1650. The number of benzene rings is 2. The topological polar surface area (TPSA) is 83.3 Å². The van der Waals surface area contributed by atoms with Gasteiger partial charge in [-0.05, 0) is 52.2 Å². The lowest BCUT2D eigenvalue weighted by molar-refractivity contribution is 0.291. The molecule has 2 N–H and O–H groups in total. The van der Waals surface area contributed by atoms with Crippen molar-refractivity contribution in [2.45, 2.75) is 19.9 Å². The SMILES string of the molecule is C#Cc1cc2c(=O)c3c4ccc(C#N)cc4[nH]c3n(C(C)C)c2cc1N1CCN(C)CC1.CN1CCNCC1. The normalized spacial score (nSPS) is 16.8. The minimum Gasteiger partial charge on any atom is -0.368 e. The molecule has 202 valence electrons. The van der Waals surface area contributed by atoms with Gasteiger partial charge in [-0.25, -0.2) is 0 Å². The van der Waals surface area contributed by atoms with Gasteiger partial charge in [0.1, 0.15) is 5.65 Å². The van der Waals surface area contributed by atoms with Gasteiger partial charge in [-0.1, -0.05) is 12.0 Å². The quantitative estimate of drug-likeness (QED) is 0.392. The van der Waals surface area contributed by atoms with Crippen molar-refractivity contribution in [3.05, 3.63) is 51.7 Å². The van der Waals surface area contributed by atoms with E-state index in [-0.39, 0.29) is 11.5 Å². The lowest BCUT2D eigenvalue weighted by atomic mass is 10.0. The maximum absolute atomic E-state index is 13.7. The zero-order valence-electron chi connectivity index (χ0n) is 23.3. The largest absolute Gasteiger partial charge is 0.368 e. The van der Waals surface area contributed by atoms with Crippen molar-refractivity contribution in [1.82, 2.24) is 24.7 Å². The average Bonchev–Trinajstić information content (AvgIpc) is 3.32. The fraction of sp³-hybridized carbons (Fsp3) is 0.419. The molecule has 39 heavy (non-hydrogen) atoms. The number of aromatic nitrogens is 2. The second kappa shape index (κ2) is 11.1. The zero-order valence-corrected chi connectivity index (χ0v) is 23.3. The summed E-state index contributed by atoms with van der Waals surface area (Å²) in [5.41, 5.74) is 4.72. The average molecular weight is 524 g/mol. The van der Waals surface area contributed by atoms with Gasteiger partial charge in [0.2, 0.25) is 0 Å². The predicted octanol–water partition coefficient (Wildman–Crippen LogP) is 3.34. The van der Waals surface area contributed by atoms with Gasteiger partial charge in [0.15, 0.2) is 5.43 Å². The number of pyridine rings is 1. The van der Waals surface area contributed by atoms with Crippen molar-refractivity contribution in [2.24, 2.45) is 0 Å². The third-order valence-electron chi connectivity index (χ3n) is 7.85. The Morgan fingerprint density at radius 2 is 1.64 bits per heavy atom. The first-order chi connectivity index (χ1) is 18.8. The van der Waals surface area contributed by atoms with E-state index >= 15 is 0 Å². The van der Waals surface area contributed by atoms with E-state index in [1.54, 1.807) is 12.1 Å². The van der Waals surface area contributed by atoms with E-state index in [1.165, 1.54) is 13.1 Å². The fourth-order valence-corrected chi connectivity index (χ4v) is 5.61. The number of nitrogens with one attached hydrogen (secondary N) is 2. The molecule has 4 heterocycles. The van der Waals surface area contributed by atoms with E-state index in [9.17, 15) is 10.1 Å². The summed E-state index contributed by atoms with van der Waals surface area (Å²) in [6.07, 6.45) is 5.91. The molecule has 2 aromatic heterocycles. The number of piperazine rings is 2. The third kappa shape index (κ3) is 5.12. The van der Waals surface area contributed by atoms with Crippen LogP contribution in [0.5, 0.6) is 0 Å². The van der Waals surface area contributed by atoms with Crippen LogP contribution in [-0.2, 0) is 0 Å². The highest BCUT2D eigenvalue weighted by molar-refractivity contribution is 6.10. The number of nitrogens with zero attached hydrogens (tertiary/aromatic N) is 5. The van der Waals surface area contributed by atoms with Crippen LogP contribution in [0.2, 0.25) is 0 Å². The van der Waals surface area contributed by atoms with Crippen molar-refractivity contribution in [2.75, 3.05) is 71.4 Å². The van der Waals surface area contributed by atoms with Crippen LogP contribution in [0, 0.1) is 23.7 Å². The molecule has 2 aromatic carbocycles. The van der Waals surface area contributed by atoms with E-state index in [4.69, 9.17) is 6.42 Å². The maximum atomic E-state index is 13.7. The summed E-state index contributed by atoms with van der Waals surface area (Å²) in [4.78, 5) is 24.1. The van der Waals surface area contributed by atoms with E-state index in [0.29, 0.717) is 16.3 Å². The number of aromatic amines is 1. The molecule has 8 nitrogen and oxygen atoms in total. The van der Waals surface area contributed by atoms with E-state index in [2.05, 4.69) is 75.6 Å². The van der Waals surface area contributed by atoms with Gasteiger partial charge < -0.3 is 29.6 Å². The molecule has 0 bridgehead atoms. The lowest BCUT2D eigenvalue weighted by Crippen LogP contribution is -2.44. The smallest absolute Gasteiger partial charge is 0.199 e. The summed E-state index contributed by atoms with van der Waals surface area (Å²) in [5, 5.41) is 14.7. The molecule has 8 heteroatoms. The van der Waals surface area contributed by atoms with Gasteiger partial charge in [-0.2, -0.15) is 5.26 Å². The van der Waals surface area contributed by atoms with Crippen LogP contribution in [0.3, 0.4) is 0 Å². The van der Waals surface area contributed by atoms with Gasteiger partial charge in [0.05, 0.1) is 28.2 Å². The summed E-state index contributed by atoms with van der Waals surface area (Å²) in [7, 11) is 4.28. The Kier molecular flexibility index (Phi) is 7.63. The molecule has 0 spiro atoms. The maximum Gasteiger partial charge on any atom is 0.199 e. The monoisotopic (exact) mass is 523 g/mol. The number of fused-ring (bicyclic) bond motifs is 4. The second-order valence-corrected chi connectivity index (χ2v) is 10.9. The van der Waals surface area contributed by atoms with Crippen LogP contribution in [0.25, 0.3) is 32.8 Å². The number of hydrogen-bond acceptors (Lipinski definition) is 6. The second-order valence-electron chi connectivity index (χ2n) is 10.9. The highest BCUT2D eigenvalue weighted by Crippen LogP contribution is 2.33. The summed E-state index contributed by atoms with van der Waals surface area (Å²) in [6, 6.07) is 11.7. The lowest BCUT2D eigenvalue weighted by Gasteiger charge is -2.35. The Labute approximate surface area is 229 Å². The first-order valence-electron chi connectivity index (χ1n) is 13.7. The Morgan fingerprint density at radius 1 is 0.949 bits per heavy atom. The van der Waals surface area contributed by atoms with E-state index < -0.39 is 0 Å². The summed E-state index contributed by atoms with van der Waals surface area (Å²) in [6.45, 7) is 12.7. The molecule has 0 unspecified atom stereocenters. The number of likely N-dealkylation sites (N-methyl/N-ethyl adjacent to an activating group) is 2. The Balaban J connectivity index is 0.000000384. The van der Waals surface area contributed by atoms with Crippen molar-refractivity contribution < 1.29 is 0 Å². The minimum absolute atomic E-state index is 0.0377. The molecule has 0 radical (unpaired) electrons. The third-order valence-corrected chi connectivity index (χ3v) is 7.85. The predicted molar refractivity (Wildman–Crippen MR) is 161 cm³/mol. The van der Waals surface area contributed by atoms with Crippen molar-refractivity contribution in [3.63, 3.8) is 0 Å². The molecule has 2 saturated heterocycles. The molecule has 4 aromatic rings. The molecular weight excluding hydrogens is 486 g/mol. The number of nitriles is 1. The molecule has 0 atom stereocenters. The standard InChI is InChI=1S/C26H25N5O.C5H12N2/c1-5-18-13-20-23(14-22(18)30-10-8-29(4)9-11-30)31(16(2)3)26-24(25(20)32)19-7-6-17(15-27)12-21(19)28-26;1-7-4-2-6-3-5-7/h1,6-7,12-14,16,28H,8-11H2,2-4H3;6H,2-5H2,1H3. The number of rotatable bonds is 2. The van der Waals surface area contributed by atoms with E-state index in [0.717, 1.165) is 72.6 Å². The van der Waals surface area contributed by atoms with Crippen molar-refractivity contribution in [1.29, 1.82) is 5.26 Å². The molecule has 6 rings (SSSR count). The highest BCUT2D eigenvalue weighted by Gasteiger charge is 2.22. The first kappa shape index (κ1) is 26.8. The van der Waals surface area contributed by atoms with Gasteiger partial charge in [-0.3, -0.25) is 4.79 Å². The molecule has 2 aliphatic heterocycles. The molecule has 2 aliphatic rings. The summed E-state index contributed by atoms with van der Waals surface area (Å²) >= 11 is 0. The van der Waals surface area contributed by atoms with Crippen molar-refractivity contribution in [3.8, 4) is 18.4 Å². The van der Waals surface area contributed by atoms with Gasteiger partial charge in [0, 0.05) is 80.3 Å². The van der Waals surface area contributed by atoms with Crippen LogP contribution in [-0.4, -0.2) is 85.8 Å². The molecule has 0 aliphatic carbocycles. The Morgan fingerprint density at radius 3 is 2.23 bits per heavy atom. The molecule has 0 saturated carbocycles. The summed E-state index contributed by atoms with van der Waals surface area (Å²) < 4.78 is 2.18. The minimum atomic E-state index is -0.0377. The first-order valence-corrected chi connectivity index (χ1v) is 13.7. The fourth-order valence-electron chi connectivity index (χ4n) is 5.61. The van der Waals surface area contributed by atoms with Gasteiger partial charge in [0.25, 0.3) is 0 Å². The molecule has 2 fully saturated rings. The number of hydrogen-bond donors (Lipinski definition) is 2. The summed E-state index contributed by atoms with van der Waals surface area (Å²) in [5.74, 6) is 2.82. The van der Waals surface area contributed by atoms with Crippen LogP contribution in [0.4, 0.5) is 5.69 Å². The molecule has 0 amide bonds. The highest BCUT2D eigenvalue weighted by atomic mass is 16.1. The van der Waals surface area contributed by atoms with E-state index in [1.807, 2.05) is 12.1 Å². The van der Waals surface area contributed by atoms with Gasteiger partial charge >= 0.3 is 0 Å². The number of anilines is 1. The zero-order chi connectivity index (χ0) is 27.7. The van der Waals surface area contributed by atoms with Crippen molar-refractivity contribution >= 4 is 38.5 Å². The van der Waals surface area contributed by atoms with Gasteiger partial charge in [-0.15, -0.1) is 6.42 Å². The van der Waals surface area contributed by atoms with Crippen LogP contribution >= 0.6 is 0 Å². The van der Waals surface area contributed by atoms with Crippen LogP contribution in [0.1, 0.15) is 31.0 Å². The molecular formula is C31H37N7O. The number of terminal acetylenes is 1. The van der Waals surface area contributed by atoms with Crippen LogP contribution in [0.15, 0.2) is 35.1 Å². The van der Waals surface area contributed by atoms with Crippen LogP contribution < -0.4 is 15.6 Å². The number of H-pyrrole nitrogens is 1. The Hall–Kier alpha value is -3.82.